The Morgan fingerprint density at radius 2 is 1.93 bits per heavy atom. The van der Waals surface area contributed by atoms with Gasteiger partial charge >= 0.3 is 0 Å². The Balaban J connectivity index is 3.02. The number of hydrogen-bond donors (Lipinski definition) is 2. The van der Waals surface area contributed by atoms with Gasteiger partial charge in [-0.15, -0.1) is 0 Å². The summed E-state index contributed by atoms with van der Waals surface area (Å²) in [5.41, 5.74) is 8.11. The van der Waals surface area contributed by atoms with Gasteiger partial charge < -0.3 is 15.7 Å². The van der Waals surface area contributed by atoms with Crippen molar-refractivity contribution >= 4 is 5.69 Å². The monoisotopic (exact) mass is 208 g/mol. The Morgan fingerprint density at radius 1 is 1.33 bits per heavy atom. The predicted molar refractivity (Wildman–Crippen MR) is 64.0 cm³/mol. The Hall–Kier alpha value is -1.06. The van der Waals surface area contributed by atoms with Crippen LogP contribution in [0.3, 0.4) is 0 Å². The zero-order valence-corrected chi connectivity index (χ0v) is 9.64. The lowest BCUT2D eigenvalue weighted by molar-refractivity contribution is 0.270. The fraction of sp³-hybridized carbons (Fsp3) is 0.500. The number of para-hydroxylation sites is 1. The van der Waals surface area contributed by atoms with Gasteiger partial charge in [0, 0.05) is 24.8 Å². The van der Waals surface area contributed by atoms with E-state index in [9.17, 15) is 0 Å². The Labute approximate surface area is 91.5 Å². The van der Waals surface area contributed by atoms with E-state index in [1.807, 2.05) is 45.2 Å². The molecule has 1 unspecified atom stereocenters. The maximum atomic E-state index is 9.12. The molecule has 0 bridgehead atoms. The minimum Gasteiger partial charge on any atom is -0.394 e. The molecular weight excluding hydrogens is 188 g/mol. The highest BCUT2D eigenvalue weighted by atomic mass is 16.3. The van der Waals surface area contributed by atoms with E-state index in [1.54, 1.807) is 0 Å². The molecule has 1 aromatic rings. The van der Waals surface area contributed by atoms with Crippen molar-refractivity contribution in [1.82, 2.24) is 0 Å². The molecule has 3 heteroatoms. The van der Waals surface area contributed by atoms with Crippen molar-refractivity contribution < 1.29 is 5.11 Å². The van der Waals surface area contributed by atoms with Gasteiger partial charge in [0.15, 0.2) is 0 Å². The quantitative estimate of drug-likeness (QED) is 0.788. The van der Waals surface area contributed by atoms with Gasteiger partial charge in [0.05, 0.1) is 6.61 Å². The van der Waals surface area contributed by atoms with Gasteiger partial charge in [0.1, 0.15) is 0 Å². The van der Waals surface area contributed by atoms with Gasteiger partial charge in [-0.2, -0.15) is 0 Å². The maximum absolute atomic E-state index is 9.12. The second-order valence-corrected chi connectivity index (χ2v) is 3.99. The molecule has 0 fully saturated rings. The summed E-state index contributed by atoms with van der Waals surface area (Å²) < 4.78 is 0. The number of nitrogens with zero attached hydrogens (tertiary/aromatic N) is 1. The number of rotatable bonds is 4. The number of anilines is 1. The molecule has 84 valence electrons. The summed E-state index contributed by atoms with van der Waals surface area (Å²) in [5.74, 6) is 0. The van der Waals surface area contributed by atoms with Gasteiger partial charge in [-0.1, -0.05) is 18.2 Å². The molecule has 0 saturated heterocycles. The van der Waals surface area contributed by atoms with Crippen molar-refractivity contribution in [2.75, 3.05) is 18.6 Å². The van der Waals surface area contributed by atoms with Crippen LogP contribution in [0.1, 0.15) is 25.5 Å². The average molecular weight is 208 g/mol. The summed E-state index contributed by atoms with van der Waals surface area (Å²) >= 11 is 0. The van der Waals surface area contributed by atoms with Crippen LogP contribution >= 0.6 is 0 Å². The fourth-order valence-electron chi connectivity index (χ4n) is 1.55. The van der Waals surface area contributed by atoms with Crippen molar-refractivity contribution in [1.29, 1.82) is 0 Å². The summed E-state index contributed by atoms with van der Waals surface area (Å²) in [7, 11) is 1.97. The highest BCUT2D eigenvalue weighted by Gasteiger charge is 2.13. The third kappa shape index (κ3) is 2.70. The van der Waals surface area contributed by atoms with Crippen LogP contribution in [-0.2, 0) is 0 Å². The second-order valence-electron chi connectivity index (χ2n) is 3.99. The van der Waals surface area contributed by atoms with Gasteiger partial charge in [0.2, 0.25) is 0 Å². The zero-order valence-electron chi connectivity index (χ0n) is 9.64. The van der Waals surface area contributed by atoms with E-state index in [-0.39, 0.29) is 18.7 Å². The van der Waals surface area contributed by atoms with E-state index in [0.717, 1.165) is 11.3 Å². The van der Waals surface area contributed by atoms with Crippen LogP contribution < -0.4 is 10.6 Å². The molecule has 15 heavy (non-hydrogen) atoms. The number of aliphatic hydroxyl groups is 1. The van der Waals surface area contributed by atoms with E-state index < -0.39 is 0 Å². The van der Waals surface area contributed by atoms with Crippen LogP contribution in [0.5, 0.6) is 0 Å². The van der Waals surface area contributed by atoms with Crippen molar-refractivity contribution in [2.45, 2.75) is 25.9 Å². The first-order chi connectivity index (χ1) is 7.07. The van der Waals surface area contributed by atoms with Crippen molar-refractivity contribution in [3.63, 3.8) is 0 Å². The third-order valence-electron chi connectivity index (χ3n) is 2.73. The molecule has 2 atom stereocenters. The standard InChI is InChI=1S/C12H20N2O/c1-9(8-15)14(3)12-7-5-4-6-11(12)10(2)13/h4-7,9-10,15H,8,13H2,1-3H3/t9?,10-/m1/s1. The fourth-order valence-corrected chi connectivity index (χ4v) is 1.55. The lowest BCUT2D eigenvalue weighted by Gasteiger charge is -2.28. The molecule has 0 heterocycles. The lowest BCUT2D eigenvalue weighted by atomic mass is 10.1. The molecule has 1 rings (SSSR count). The van der Waals surface area contributed by atoms with Gasteiger partial charge in [-0.3, -0.25) is 0 Å². The van der Waals surface area contributed by atoms with Crippen molar-refractivity contribution in [2.24, 2.45) is 5.73 Å². The van der Waals surface area contributed by atoms with Gasteiger partial charge in [-0.25, -0.2) is 0 Å². The molecule has 0 aromatic heterocycles. The highest BCUT2D eigenvalue weighted by Crippen LogP contribution is 2.25. The summed E-state index contributed by atoms with van der Waals surface area (Å²) in [6.45, 7) is 4.10. The first kappa shape index (κ1) is 12.0. The largest absolute Gasteiger partial charge is 0.394 e. The molecule has 3 nitrogen and oxygen atoms in total. The topological polar surface area (TPSA) is 49.5 Å². The van der Waals surface area contributed by atoms with Crippen LogP contribution in [0.4, 0.5) is 5.69 Å². The number of likely N-dealkylation sites (N-methyl/N-ethyl adjacent to an activating group) is 1. The summed E-state index contributed by atoms with van der Waals surface area (Å²) in [5, 5.41) is 9.12. The highest BCUT2D eigenvalue weighted by molar-refractivity contribution is 5.54. The SMILES string of the molecule is CC(CO)N(C)c1ccccc1[C@@H](C)N. The third-order valence-corrected chi connectivity index (χ3v) is 2.73. The van der Waals surface area contributed by atoms with E-state index in [4.69, 9.17) is 10.8 Å². The maximum Gasteiger partial charge on any atom is 0.0632 e. The second kappa shape index (κ2) is 5.14. The molecule has 0 radical (unpaired) electrons. The van der Waals surface area contributed by atoms with Crippen molar-refractivity contribution in [3.8, 4) is 0 Å². The molecule has 0 saturated carbocycles. The zero-order chi connectivity index (χ0) is 11.4. The summed E-state index contributed by atoms with van der Waals surface area (Å²) in [4.78, 5) is 2.05. The molecular formula is C12H20N2O. The Bertz CT molecular complexity index is 312. The number of benzene rings is 1. The van der Waals surface area contributed by atoms with E-state index in [0.29, 0.717) is 0 Å². The normalized spacial score (nSPS) is 14.7. The molecule has 0 amide bonds. The molecule has 0 aliphatic rings. The molecule has 0 aliphatic heterocycles. The van der Waals surface area contributed by atoms with Crippen LogP contribution in [0, 0.1) is 0 Å². The van der Waals surface area contributed by atoms with E-state index >= 15 is 0 Å². The predicted octanol–water partition coefficient (Wildman–Crippen LogP) is 1.52. The van der Waals surface area contributed by atoms with Crippen molar-refractivity contribution in [3.05, 3.63) is 29.8 Å². The van der Waals surface area contributed by atoms with Crippen LogP contribution in [-0.4, -0.2) is 24.8 Å². The lowest BCUT2D eigenvalue weighted by Crippen LogP contribution is -2.33. The summed E-state index contributed by atoms with van der Waals surface area (Å²) in [6, 6.07) is 8.15. The van der Waals surface area contributed by atoms with Gasteiger partial charge in [-0.05, 0) is 25.5 Å². The summed E-state index contributed by atoms with van der Waals surface area (Å²) in [6.07, 6.45) is 0. The van der Waals surface area contributed by atoms with Crippen LogP contribution in [0.25, 0.3) is 0 Å². The smallest absolute Gasteiger partial charge is 0.0632 e. The Morgan fingerprint density at radius 3 is 2.47 bits per heavy atom. The molecule has 0 spiro atoms. The first-order valence-corrected chi connectivity index (χ1v) is 5.26. The molecule has 1 aromatic carbocycles. The number of nitrogens with two attached hydrogens (primary N) is 1. The van der Waals surface area contributed by atoms with E-state index in [2.05, 4.69) is 4.90 Å². The first-order valence-electron chi connectivity index (χ1n) is 5.26. The molecule has 0 aliphatic carbocycles. The minimum atomic E-state index is 0.00884. The van der Waals surface area contributed by atoms with E-state index in [1.165, 1.54) is 0 Å². The number of hydrogen-bond acceptors (Lipinski definition) is 3. The average Bonchev–Trinajstić information content (AvgIpc) is 2.27. The Kier molecular flexibility index (Phi) is 4.12. The molecule has 3 N–H and O–H groups in total. The van der Waals surface area contributed by atoms with Crippen LogP contribution in [0.15, 0.2) is 24.3 Å². The number of aliphatic hydroxyl groups excluding tert-OH is 1. The van der Waals surface area contributed by atoms with Crippen LogP contribution in [0.2, 0.25) is 0 Å². The van der Waals surface area contributed by atoms with Gasteiger partial charge in [0.25, 0.3) is 0 Å². The minimum absolute atomic E-state index is 0.00884.